The lowest BCUT2D eigenvalue weighted by Gasteiger charge is -2.28. The minimum atomic E-state index is 0.752. The van der Waals surface area contributed by atoms with E-state index in [4.69, 9.17) is 11.7 Å². The summed E-state index contributed by atoms with van der Waals surface area (Å²) in [4.78, 5) is 0. The first kappa shape index (κ1) is 9.92. The van der Waals surface area contributed by atoms with Gasteiger partial charge in [0.05, 0.1) is 0 Å². The summed E-state index contributed by atoms with van der Waals surface area (Å²) in [6, 6.07) is 0. The van der Waals surface area contributed by atoms with Crippen molar-refractivity contribution in [3.8, 4) is 0 Å². The molecule has 1 aliphatic rings. The summed E-state index contributed by atoms with van der Waals surface area (Å²) in [6.45, 7) is 1.89. The molecule has 0 spiro atoms. The van der Waals surface area contributed by atoms with Gasteiger partial charge < -0.3 is 0 Å². The third-order valence-electron chi connectivity index (χ3n) is 2.70. The summed E-state index contributed by atoms with van der Waals surface area (Å²) in [5, 5.41) is 0. The van der Waals surface area contributed by atoms with Gasteiger partial charge in [-0.1, -0.05) is 6.42 Å². The van der Waals surface area contributed by atoms with Gasteiger partial charge in [0.25, 0.3) is 0 Å². The fourth-order valence-corrected chi connectivity index (χ4v) is 2.11. The van der Waals surface area contributed by atoms with Gasteiger partial charge in [0.15, 0.2) is 0 Å². The number of hydrazine groups is 2. The molecule has 0 aromatic carbocycles. The Hall–Kier alpha value is -0.160. The largest absolute Gasteiger partial charge is 0.271 e. The van der Waals surface area contributed by atoms with Crippen molar-refractivity contribution in [3.05, 3.63) is 0 Å². The van der Waals surface area contributed by atoms with E-state index in [0.717, 1.165) is 24.9 Å². The lowest BCUT2D eigenvalue weighted by Crippen LogP contribution is -2.35. The van der Waals surface area contributed by atoms with Crippen LogP contribution < -0.4 is 22.5 Å². The fraction of sp³-hybridized carbons (Fsp3) is 1.00. The van der Waals surface area contributed by atoms with Crippen molar-refractivity contribution in [2.45, 2.75) is 25.7 Å². The normalized spacial score (nSPS) is 30.5. The highest BCUT2D eigenvalue weighted by Gasteiger charge is 2.20. The predicted octanol–water partition coefficient (Wildman–Crippen LogP) is -0.281. The van der Waals surface area contributed by atoms with Gasteiger partial charge in [-0.05, 0) is 31.1 Å². The van der Waals surface area contributed by atoms with Crippen LogP contribution >= 0.6 is 0 Å². The van der Waals surface area contributed by atoms with Gasteiger partial charge in [-0.3, -0.25) is 22.5 Å². The topological polar surface area (TPSA) is 76.1 Å². The molecular formula is C8H20N4. The van der Waals surface area contributed by atoms with Crippen molar-refractivity contribution in [2.24, 2.45) is 23.5 Å². The Morgan fingerprint density at radius 3 is 1.92 bits per heavy atom. The third kappa shape index (κ3) is 3.06. The molecule has 1 saturated carbocycles. The average Bonchev–Trinajstić information content (AvgIpc) is 2.06. The molecule has 0 amide bonds. The molecule has 0 bridgehead atoms. The summed E-state index contributed by atoms with van der Waals surface area (Å²) >= 11 is 0. The first-order valence-corrected chi connectivity index (χ1v) is 4.73. The quantitative estimate of drug-likeness (QED) is 0.347. The van der Waals surface area contributed by atoms with Crippen molar-refractivity contribution < 1.29 is 0 Å². The molecule has 1 fully saturated rings. The van der Waals surface area contributed by atoms with Crippen molar-refractivity contribution in [3.63, 3.8) is 0 Å². The molecule has 0 radical (unpaired) electrons. The molecule has 0 heterocycles. The summed E-state index contributed by atoms with van der Waals surface area (Å²) in [6.07, 6.45) is 5.20. The minimum absolute atomic E-state index is 0.752. The van der Waals surface area contributed by atoms with E-state index >= 15 is 0 Å². The zero-order valence-corrected chi connectivity index (χ0v) is 7.55. The van der Waals surface area contributed by atoms with Crippen LogP contribution in [0, 0.1) is 11.8 Å². The second-order valence-electron chi connectivity index (χ2n) is 3.72. The average molecular weight is 172 g/mol. The lowest BCUT2D eigenvalue weighted by atomic mass is 9.81. The fourth-order valence-electron chi connectivity index (χ4n) is 2.11. The molecule has 4 heteroatoms. The SMILES string of the molecule is NNCC1CCCC(CNN)C1. The number of nitrogens with two attached hydrogens (primary N) is 2. The van der Waals surface area contributed by atoms with Crippen molar-refractivity contribution in [1.82, 2.24) is 10.9 Å². The van der Waals surface area contributed by atoms with E-state index in [1.807, 2.05) is 0 Å². The highest BCUT2D eigenvalue weighted by Crippen LogP contribution is 2.27. The molecule has 1 rings (SSSR count). The Labute approximate surface area is 74.0 Å². The summed E-state index contributed by atoms with van der Waals surface area (Å²) in [5.41, 5.74) is 5.50. The van der Waals surface area contributed by atoms with Crippen LogP contribution in [0.2, 0.25) is 0 Å². The van der Waals surface area contributed by atoms with Gasteiger partial charge in [-0.25, -0.2) is 0 Å². The molecule has 1 aliphatic carbocycles. The van der Waals surface area contributed by atoms with Crippen molar-refractivity contribution in [1.29, 1.82) is 0 Å². The Morgan fingerprint density at radius 2 is 1.50 bits per heavy atom. The Morgan fingerprint density at radius 1 is 1.00 bits per heavy atom. The minimum Gasteiger partial charge on any atom is -0.271 e. The lowest BCUT2D eigenvalue weighted by molar-refractivity contribution is 0.254. The number of rotatable bonds is 4. The first-order chi connectivity index (χ1) is 5.86. The molecule has 2 unspecified atom stereocenters. The second kappa shape index (κ2) is 5.48. The summed E-state index contributed by atoms with van der Waals surface area (Å²) in [5.74, 6) is 12.1. The molecular weight excluding hydrogens is 152 g/mol. The summed E-state index contributed by atoms with van der Waals surface area (Å²) in [7, 11) is 0. The van der Waals surface area contributed by atoms with Crippen molar-refractivity contribution in [2.75, 3.05) is 13.1 Å². The van der Waals surface area contributed by atoms with Crippen LogP contribution in [0.5, 0.6) is 0 Å². The standard InChI is InChI=1S/C8H20N4/c9-11-5-7-2-1-3-8(4-7)6-12-10/h7-8,11-12H,1-6,9-10H2. The maximum absolute atomic E-state index is 5.29. The number of hydrogen-bond acceptors (Lipinski definition) is 4. The van der Waals surface area contributed by atoms with E-state index in [1.54, 1.807) is 0 Å². The third-order valence-corrected chi connectivity index (χ3v) is 2.70. The Bertz CT molecular complexity index is 102. The molecule has 0 aliphatic heterocycles. The Kier molecular flexibility index (Phi) is 4.53. The van der Waals surface area contributed by atoms with Gasteiger partial charge in [-0.15, -0.1) is 0 Å². The molecule has 4 nitrogen and oxygen atoms in total. The van der Waals surface area contributed by atoms with Gasteiger partial charge >= 0.3 is 0 Å². The van der Waals surface area contributed by atoms with Gasteiger partial charge in [0.2, 0.25) is 0 Å². The highest BCUT2D eigenvalue weighted by atomic mass is 15.2. The van der Waals surface area contributed by atoms with E-state index in [2.05, 4.69) is 10.9 Å². The molecule has 12 heavy (non-hydrogen) atoms. The van der Waals surface area contributed by atoms with Crippen LogP contribution in [0.15, 0.2) is 0 Å². The molecule has 0 aromatic heterocycles. The molecule has 0 aromatic rings. The number of nitrogens with one attached hydrogen (secondary N) is 2. The van der Waals surface area contributed by atoms with Gasteiger partial charge in [-0.2, -0.15) is 0 Å². The van der Waals surface area contributed by atoms with Crippen LogP contribution in [-0.4, -0.2) is 13.1 Å². The van der Waals surface area contributed by atoms with E-state index < -0.39 is 0 Å². The monoisotopic (exact) mass is 172 g/mol. The van der Waals surface area contributed by atoms with E-state index in [0.29, 0.717) is 0 Å². The molecule has 0 saturated heterocycles. The van der Waals surface area contributed by atoms with E-state index in [1.165, 1.54) is 25.7 Å². The van der Waals surface area contributed by atoms with Crippen molar-refractivity contribution >= 4 is 0 Å². The maximum Gasteiger partial charge on any atom is 0.0126 e. The van der Waals surface area contributed by atoms with Gasteiger partial charge in [0.1, 0.15) is 0 Å². The zero-order chi connectivity index (χ0) is 8.81. The highest BCUT2D eigenvalue weighted by molar-refractivity contribution is 4.74. The summed E-state index contributed by atoms with van der Waals surface area (Å²) < 4.78 is 0. The zero-order valence-electron chi connectivity index (χ0n) is 7.55. The predicted molar refractivity (Wildman–Crippen MR) is 49.8 cm³/mol. The van der Waals surface area contributed by atoms with Crippen LogP contribution in [0.4, 0.5) is 0 Å². The van der Waals surface area contributed by atoms with E-state index in [9.17, 15) is 0 Å². The maximum atomic E-state index is 5.29. The molecule has 72 valence electrons. The van der Waals surface area contributed by atoms with E-state index in [-0.39, 0.29) is 0 Å². The van der Waals surface area contributed by atoms with Gasteiger partial charge in [0, 0.05) is 13.1 Å². The smallest absolute Gasteiger partial charge is 0.0126 e. The first-order valence-electron chi connectivity index (χ1n) is 4.73. The van der Waals surface area contributed by atoms with Crippen LogP contribution in [0.3, 0.4) is 0 Å². The van der Waals surface area contributed by atoms with Crippen LogP contribution in [0.25, 0.3) is 0 Å². The van der Waals surface area contributed by atoms with Crippen LogP contribution in [-0.2, 0) is 0 Å². The Balaban J connectivity index is 2.20. The second-order valence-corrected chi connectivity index (χ2v) is 3.72. The molecule has 6 N–H and O–H groups in total. The van der Waals surface area contributed by atoms with Crippen LogP contribution in [0.1, 0.15) is 25.7 Å². The number of hydrogen-bond donors (Lipinski definition) is 4. The molecule has 2 atom stereocenters.